The molecule has 1 aromatic carbocycles. The average molecular weight is 309 g/mol. The molecule has 1 unspecified atom stereocenters. The number of benzene rings is 1. The normalized spacial score (nSPS) is 13.5. The molecule has 0 aliphatic carbocycles. The van der Waals surface area contributed by atoms with Crippen molar-refractivity contribution in [2.75, 3.05) is 17.3 Å². The van der Waals surface area contributed by atoms with Crippen LogP contribution in [0.15, 0.2) is 29.2 Å². The number of para-hydroxylation sites is 1. The van der Waals surface area contributed by atoms with Gasteiger partial charge in [-0.15, -0.1) is 0 Å². The lowest BCUT2D eigenvalue weighted by atomic mass is 10.2. The van der Waals surface area contributed by atoms with Crippen molar-refractivity contribution in [3.05, 3.63) is 24.3 Å². The summed E-state index contributed by atoms with van der Waals surface area (Å²) >= 11 is 1.61. The Hall–Kier alpha value is -0.820. The van der Waals surface area contributed by atoms with Crippen LogP contribution in [0.4, 0.5) is 14.5 Å². The zero-order valence-corrected chi connectivity index (χ0v) is 12.4. The molecule has 108 valence electrons. The minimum absolute atomic E-state index is 0.0454. The molecule has 0 heterocycles. The van der Waals surface area contributed by atoms with E-state index in [1.54, 1.807) is 17.8 Å². The Balaban J connectivity index is 3.09. The minimum atomic E-state index is -4.58. The van der Waals surface area contributed by atoms with E-state index < -0.39 is 15.6 Å². The molecular weight excluding hydrogens is 292 g/mol. The van der Waals surface area contributed by atoms with Crippen molar-refractivity contribution in [3.8, 4) is 0 Å². The largest absolute Gasteiger partial charge is 0.380 e. The number of hydrogen-bond acceptors (Lipinski definition) is 4. The first-order valence-corrected chi connectivity index (χ1v) is 8.74. The van der Waals surface area contributed by atoms with Crippen LogP contribution >= 0.6 is 11.8 Å². The molecule has 1 aromatic rings. The molecule has 19 heavy (non-hydrogen) atoms. The second-order valence-electron chi connectivity index (χ2n) is 4.01. The summed E-state index contributed by atoms with van der Waals surface area (Å²) in [5, 5.41) is 3.03. The van der Waals surface area contributed by atoms with Gasteiger partial charge in [0.05, 0.1) is 10.6 Å². The highest BCUT2D eigenvalue weighted by Crippen LogP contribution is 2.27. The molecule has 0 saturated heterocycles. The van der Waals surface area contributed by atoms with Crippen molar-refractivity contribution in [1.29, 1.82) is 0 Å². The van der Waals surface area contributed by atoms with Crippen LogP contribution in [0.1, 0.15) is 13.3 Å². The van der Waals surface area contributed by atoms with Gasteiger partial charge in [-0.1, -0.05) is 19.1 Å². The Morgan fingerprint density at radius 1 is 1.32 bits per heavy atom. The van der Waals surface area contributed by atoms with Crippen LogP contribution in [0, 0.1) is 0 Å². The number of halogens is 2. The predicted octanol–water partition coefficient (Wildman–Crippen LogP) is 3.24. The zero-order chi connectivity index (χ0) is 14.5. The van der Waals surface area contributed by atoms with E-state index in [1.807, 2.05) is 13.2 Å². The highest BCUT2D eigenvalue weighted by Gasteiger charge is 2.29. The van der Waals surface area contributed by atoms with Crippen LogP contribution in [0.25, 0.3) is 0 Å². The molecule has 0 fully saturated rings. The maximum atomic E-state index is 12.6. The molecular formula is C12H17F2NO2S2. The number of thioether (sulfide) groups is 1. The predicted molar refractivity (Wildman–Crippen MR) is 75.7 cm³/mol. The molecule has 0 amide bonds. The van der Waals surface area contributed by atoms with Gasteiger partial charge in [-0.05, 0) is 24.8 Å². The van der Waals surface area contributed by atoms with E-state index in [-0.39, 0.29) is 16.6 Å². The second-order valence-corrected chi connectivity index (χ2v) is 6.80. The topological polar surface area (TPSA) is 46.2 Å². The molecule has 3 nitrogen and oxygen atoms in total. The average Bonchev–Trinajstić information content (AvgIpc) is 2.38. The van der Waals surface area contributed by atoms with Crippen LogP contribution in [0.3, 0.4) is 0 Å². The van der Waals surface area contributed by atoms with Gasteiger partial charge < -0.3 is 5.32 Å². The molecule has 1 atom stereocenters. The zero-order valence-electron chi connectivity index (χ0n) is 10.8. The van der Waals surface area contributed by atoms with Crippen LogP contribution in [-0.2, 0) is 9.84 Å². The first kappa shape index (κ1) is 16.2. The van der Waals surface area contributed by atoms with Gasteiger partial charge >= 0.3 is 5.76 Å². The van der Waals surface area contributed by atoms with Gasteiger partial charge in [-0.25, -0.2) is 8.42 Å². The quantitative estimate of drug-likeness (QED) is 0.840. The Bertz CT molecular complexity index is 506. The van der Waals surface area contributed by atoms with E-state index in [0.29, 0.717) is 0 Å². The third-order valence-corrected chi connectivity index (χ3v) is 4.82. The summed E-state index contributed by atoms with van der Waals surface area (Å²) in [5.74, 6) is -2.63. The highest BCUT2D eigenvalue weighted by atomic mass is 32.2. The van der Waals surface area contributed by atoms with Crippen LogP contribution < -0.4 is 5.32 Å². The highest BCUT2D eigenvalue weighted by molar-refractivity contribution is 7.98. The lowest BCUT2D eigenvalue weighted by molar-refractivity contribution is 0.235. The fraction of sp³-hybridized carbons (Fsp3) is 0.500. The van der Waals surface area contributed by atoms with Crippen molar-refractivity contribution < 1.29 is 17.2 Å². The maximum Gasteiger partial charge on any atom is 0.341 e. The molecule has 0 bridgehead atoms. The monoisotopic (exact) mass is 309 g/mol. The van der Waals surface area contributed by atoms with Crippen molar-refractivity contribution in [2.45, 2.75) is 30.0 Å². The molecule has 0 aliphatic rings. The van der Waals surface area contributed by atoms with E-state index in [4.69, 9.17) is 0 Å². The lowest BCUT2D eigenvalue weighted by Gasteiger charge is -2.19. The van der Waals surface area contributed by atoms with Crippen LogP contribution in [-0.4, -0.2) is 32.2 Å². The number of anilines is 1. The summed E-state index contributed by atoms with van der Waals surface area (Å²) in [7, 11) is -4.58. The number of alkyl halides is 2. The maximum absolute atomic E-state index is 12.6. The number of nitrogens with one attached hydrogen (secondary N) is 1. The standard InChI is InChI=1S/C12H17F2NO2S2/c1-3-9(8-18-2)15-10-6-4-5-7-11(10)19(16,17)12(13)14/h4-7,9,12,15H,3,8H2,1-2H3. The number of sulfone groups is 1. The summed E-state index contributed by atoms with van der Waals surface area (Å²) in [5.41, 5.74) is 0.240. The first-order valence-electron chi connectivity index (χ1n) is 5.80. The summed E-state index contributed by atoms with van der Waals surface area (Å²) in [4.78, 5) is -0.343. The Labute approximate surface area is 116 Å². The molecule has 0 aliphatic heterocycles. The van der Waals surface area contributed by atoms with Crippen LogP contribution in [0.5, 0.6) is 0 Å². The van der Waals surface area contributed by atoms with Gasteiger partial charge in [0.25, 0.3) is 0 Å². The third kappa shape index (κ3) is 4.07. The second kappa shape index (κ2) is 7.09. The molecule has 1 N–H and O–H groups in total. The van der Waals surface area contributed by atoms with E-state index in [0.717, 1.165) is 12.2 Å². The van der Waals surface area contributed by atoms with Crippen LogP contribution in [0.2, 0.25) is 0 Å². The summed E-state index contributed by atoms with van der Waals surface area (Å²) in [6.45, 7) is 1.96. The first-order chi connectivity index (χ1) is 8.93. The number of hydrogen-bond donors (Lipinski definition) is 1. The number of rotatable bonds is 7. The fourth-order valence-corrected chi connectivity index (χ4v) is 3.23. The van der Waals surface area contributed by atoms with E-state index in [9.17, 15) is 17.2 Å². The minimum Gasteiger partial charge on any atom is -0.380 e. The Morgan fingerprint density at radius 2 is 1.95 bits per heavy atom. The van der Waals surface area contributed by atoms with E-state index in [1.165, 1.54) is 18.2 Å². The SMILES string of the molecule is CCC(CSC)Nc1ccccc1S(=O)(=O)C(F)F. The van der Waals surface area contributed by atoms with Crippen molar-refractivity contribution in [2.24, 2.45) is 0 Å². The van der Waals surface area contributed by atoms with Gasteiger partial charge in [0.15, 0.2) is 0 Å². The van der Waals surface area contributed by atoms with Gasteiger partial charge in [0, 0.05) is 11.8 Å². The molecule has 0 aromatic heterocycles. The third-order valence-electron chi connectivity index (χ3n) is 2.65. The van der Waals surface area contributed by atoms with E-state index >= 15 is 0 Å². The molecule has 0 spiro atoms. The molecule has 0 radical (unpaired) electrons. The van der Waals surface area contributed by atoms with Gasteiger partial charge in [0.2, 0.25) is 9.84 Å². The van der Waals surface area contributed by atoms with Gasteiger partial charge in [-0.3, -0.25) is 0 Å². The summed E-state index contributed by atoms with van der Waals surface area (Å²) in [6, 6.07) is 5.83. The summed E-state index contributed by atoms with van der Waals surface area (Å²) in [6.07, 6.45) is 2.72. The van der Waals surface area contributed by atoms with Crippen molar-refractivity contribution >= 4 is 27.3 Å². The Kier molecular flexibility index (Phi) is 6.06. The van der Waals surface area contributed by atoms with Gasteiger partial charge in [0.1, 0.15) is 0 Å². The van der Waals surface area contributed by atoms with Crippen molar-refractivity contribution in [3.63, 3.8) is 0 Å². The van der Waals surface area contributed by atoms with Gasteiger partial charge in [-0.2, -0.15) is 20.5 Å². The molecule has 0 saturated carbocycles. The fourth-order valence-electron chi connectivity index (χ4n) is 1.61. The lowest BCUT2D eigenvalue weighted by Crippen LogP contribution is -2.23. The Morgan fingerprint density at radius 3 is 2.47 bits per heavy atom. The smallest absolute Gasteiger partial charge is 0.341 e. The van der Waals surface area contributed by atoms with E-state index in [2.05, 4.69) is 5.32 Å². The summed E-state index contributed by atoms with van der Waals surface area (Å²) < 4.78 is 48.4. The molecule has 1 rings (SSSR count). The van der Waals surface area contributed by atoms with Crippen molar-refractivity contribution in [1.82, 2.24) is 0 Å². The molecule has 7 heteroatoms.